The molecule has 1 aromatic carbocycles. The van der Waals surface area contributed by atoms with E-state index in [1.54, 1.807) is 6.07 Å². The lowest BCUT2D eigenvalue weighted by Crippen LogP contribution is -2.00. The van der Waals surface area contributed by atoms with Gasteiger partial charge in [-0.15, -0.1) is 4.91 Å². The lowest BCUT2D eigenvalue weighted by molar-refractivity contribution is 0.0603. The van der Waals surface area contributed by atoms with Crippen molar-refractivity contribution < 1.29 is 13.9 Å². The van der Waals surface area contributed by atoms with E-state index in [4.69, 9.17) is 4.42 Å². The number of furan rings is 1. The van der Waals surface area contributed by atoms with Crippen molar-refractivity contribution in [3.63, 3.8) is 0 Å². The van der Waals surface area contributed by atoms with Crippen molar-refractivity contribution in [2.75, 3.05) is 7.11 Å². The van der Waals surface area contributed by atoms with E-state index in [1.807, 2.05) is 0 Å². The zero-order valence-corrected chi connectivity index (χ0v) is 7.89. The molecule has 0 saturated heterocycles. The standard InChI is InChI=1S/C10H7NO4/c1-14-10(12)7-2-3-8(11-13)9-6(7)4-5-15-9/h2-5H,1H3. The van der Waals surface area contributed by atoms with Gasteiger partial charge in [0, 0.05) is 5.39 Å². The third-order valence-electron chi connectivity index (χ3n) is 2.10. The highest BCUT2D eigenvalue weighted by atomic mass is 16.5. The molecule has 0 saturated carbocycles. The maximum Gasteiger partial charge on any atom is 0.338 e. The Hall–Kier alpha value is -2.17. The molecule has 0 bridgehead atoms. The minimum absolute atomic E-state index is 0.169. The van der Waals surface area contributed by atoms with Gasteiger partial charge in [0.1, 0.15) is 0 Å². The first kappa shape index (κ1) is 9.39. The SMILES string of the molecule is COC(=O)c1ccc(N=O)c2occc12. The number of rotatable bonds is 2. The summed E-state index contributed by atoms with van der Waals surface area (Å²) in [6.07, 6.45) is 1.39. The number of nitrogens with zero attached hydrogens (tertiary/aromatic N) is 1. The third-order valence-corrected chi connectivity index (χ3v) is 2.10. The normalized spacial score (nSPS) is 10.2. The topological polar surface area (TPSA) is 68.9 Å². The van der Waals surface area contributed by atoms with Crippen molar-refractivity contribution in [1.82, 2.24) is 0 Å². The van der Waals surface area contributed by atoms with E-state index in [0.29, 0.717) is 16.5 Å². The van der Waals surface area contributed by atoms with Gasteiger partial charge in [0.05, 0.1) is 18.9 Å². The first-order chi connectivity index (χ1) is 7.27. The van der Waals surface area contributed by atoms with E-state index in [-0.39, 0.29) is 5.69 Å². The number of fused-ring (bicyclic) bond motifs is 1. The summed E-state index contributed by atoms with van der Waals surface area (Å²) in [5.74, 6) is -0.473. The van der Waals surface area contributed by atoms with Crippen LogP contribution in [0.4, 0.5) is 5.69 Å². The molecule has 0 atom stereocenters. The Kier molecular flexibility index (Phi) is 2.21. The molecule has 2 aromatic rings. The molecule has 0 fully saturated rings. The molecule has 1 aromatic heterocycles. The second-order valence-electron chi connectivity index (χ2n) is 2.88. The maximum absolute atomic E-state index is 11.4. The predicted octanol–water partition coefficient (Wildman–Crippen LogP) is 2.62. The van der Waals surface area contributed by atoms with Gasteiger partial charge in [0.15, 0.2) is 11.3 Å². The van der Waals surface area contributed by atoms with E-state index in [2.05, 4.69) is 9.91 Å². The Balaban J connectivity index is 2.73. The second-order valence-corrected chi connectivity index (χ2v) is 2.88. The molecule has 5 nitrogen and oxygen atoms in total. The predicted molar refractivity (Wildman–Crippen MR) is 53.0 cm³/mol. The molecule has 5 heteroatoms. The lowest BCUT2D eigenvalue weighted by Gasteiger charge is -2.00. The lowest BCUT2D eigenvalue weighted by atomic mass is 10.1. The molecule has 0 aliphatic heterocycles. The van der Waals surface area contributed by atoms with Gasteiger partial charge in [-0.1, -0.05) is 0 Å². The fourth-order valence-corrected chi connectivity index (χ4v) is 1.41. The van der Waals surface area contributed by atoms with Gasteiger partial charge in [-0.05, 0) is 23.4 Å². The fraction of sp³-hybridized carbons (Fsp3) is 0.100. The summed E-state index contributed by atoms with van der Waals surface area (Å²) in [5.41, 5.74) is 0.823. The Morgan fingerprint density at radius 3 is 2.87 bits per heavy atom. The van der Waals surface area contributed by atoms with Gasteiger partial charge in [-0.25, -0.2) is 4.79 Å². The van der Waals surface area contributed by atoms with Crippen LogP contribution in [0.1, 0.15) is 10.4 Å². The van der Waals surface area contributed by atoms with E-state index >= 15 is 0 Å². The van der Waals surface area contributed by atoms with Gasteiger partial charge in [-0.2, -0.15) is 0 Å². The number of ether oxygens (including phenoxy) is 1. The number of carbonyl (C=O) groups excluding carboxylic acids is 1. The van der Waals surface area contributed by atoms with Gasteiger partial charge in [-0.3, -0.25) is 0 Å². The van der Waals surface area contributed by atoms with Crippen LogP contribution < -0.4 is 0 Å². The average molecular weight is 205 g/mol. The molecule has 1 heterocycles. The first-order valence-corrected chi connectivity index (χ1v) is 4.20. The Morgan fingerprint density at radius 2 is 2.20 bits per heavy atom. The van der Waals surface area contributed by atoms with E-state index in [0.717, 1.165) is 0 Å². The zero-order chi connectivity index (χ0) is 10.8. The number of hydrogen-bond acceptors (Lipinski definition) is 5. The van der Waals surface area contributed by atoms with Crippen LogP contribution in [-0.4, -0.2) is 13.1 Å². The van der Waals surface area contributed by atoms with Crippen molar-refractivity contribution in [2.24, 2.45) is 5.18 Å². The summed E-state index contributed by atoms with van der Waals surface area (Å²) < 4.78 is 9.67. The van der Waals surface area contributed by atoms with Gasteiger partial charge >= 0.3 is 5.97 Å². The third kappa shape index (κ3) is 1.38. The van der Waals surface area contributed by atoms with E-state index in [9.17, 15) is 9.70 Å². The zero-order valence-electron chi connectivity index (χ0n) is 7.89. The number of benzene rings is 1. The van der Waals surface area contributed by atoms with Crippen LogP contribution in [-0.2, 0) is 4.74 Å². The Bertz CT molecular complexity index is 529. The molecular formula is C10H7NO4. The van der Waals surface area contributed by atoms with Crippen molar-refractivity contribution in [2.45, 2.75) is 0 Å². The summed E-state index contributed by atoms with van der Waals surface area (Å²) in [7, 11) is 1.29. The Morgan fingerprint density at radius 1 is 1.40 bits per heavy atom. The van der Waals surface area contributed by atoms with Crippen LogP contribution in [0.2, 0.25) is 0 Å². The van der Waals surface area contributed by atoms with Gasteiger partial charge < -0.3 is 9.15 Å². The Labute approximate surface area is 84.6 Å². The summed E-state index contributed by atoms with van der Waals surface area (Å²) >= 11 is 0. The van der Waals surface area contributed by atoms with Crippen LogP contribution in [0.15, 0.2) is 34.1 Å². The number of esters is 1. The van der Waals surface area contributed by atoms with Crippen molar-refractivity contribution in [3.8, 4) is 0 Å². The van der Waals surface area contributed by atoms with Crippen molar-refractivity contribution in [3.05, 3.63) is 34.9 Å². The van der Waals surface area contributed by atoms with Crippen LogP contribution in [0.25, 0.3) is 11.0 Å². The van der Waals surface area contributed by atoms with E-state index < -0.39 is 5.97 Å². The number of hydrogen-bond donors (Lipinski definition) is 0. The van der Waals surface area contributed by atoms with Crippen LogP contribution in [0.3, 0.4) is 0 Å². The highest BCUT2D eigenvalue weighted by Crippen LogP contribution is 2.29. The van der Waals surface area contributed by atoms with Crippen LogP contribution >= 0.6 is 0 Å². The number of methoxy groups -OCH3 is 1. The van der Waals surface area contributed by atoms with Gasteiger partial charge in [0.25, 0.3) is 0 Å². The fourth-order valence-electron chi connectivity index (χ4n) is 1.41. The molecule has 15 heavy (non-hydrogen) atoms. The highest BCUT2D eigenvalue weighted by Gasteiger charge is 2.15. The second kappa shape index (κ2) is 3.53. The molecule has 2 rings (SSSR count). The quantitative estimate of drug-likeness (QED) is 0.558. The molecule has 0 amide bonds. The molecule has 0 spiro atoms. The average Bonchev–Trinajstić information content (AvgIpc) is 2.75. The smallest absolute Gasteiger partial charge is 0.338 e. The number of nitroso groups, excluding NO2 is 1. The number of carbonyl (C=O) groups is 1. The largest absolute Gasteiger partial charge is 0.465 e. The molecule has 0 unspecified atom stereocenters. The molecule has 76 valence electrons. The summed E-state index contributed by atoms with van der Waals surface area (Å²) in [6, 6.07) is 4.50. The maximum atomic E-state index is 11.4. The first-order valence-electron chi connectivity index (χ1n) is 4.20. The van der Waals surface area contributed by atoms with Crippen LogP contribution in [0, 0.1) is 4.91 Å². The minimum atomic E-state index is -0.473. The monoisotopic (exact) mass is 205 g/mol. The van der Waals surface area contributed by atoms with Crippen LogP contribution in [0.5, 0.6) is 0 Å². The van der Waals surface area contributed by atoms with Crippen molar-refractivity contribution >= 4 is 22.6 Å². The summed E-state index contributed by atoms with van der Waals surface area (Å²) in [6.45, 7) is 0. The summed E-state index contributed by atoms with van der Waals surface area (Å²) in [5, 5.41) is 3.33. The van der Waals surface area contributed by atoms with Gasteiger partial charge in [0.2, 0.25) is 0 Å². The minimum Gasteiger partial charge on any atom is -0.465 e. The molecule has 0 radical (unpaired) electrons. The van der Waals surface area contributed by atoms with E-state index in [1.165, 1.54) is 25.5 Å². The summed E-state index contributed by atoms with van der Waals surface area (Å²) in [4.78, 5) is 21.8. The highest BCUT2D eigenvalue weighted by molar-refractivity contribution is 6.05. The molecule has 0 N–H and O–H groups in total. The van der Waals surface area contributed by atoms with Crippen molar-refractivity contribution in [1.29, 1.82) is 0 Å². The molecule has 0 aliphatic carbocycles. The molecule has 0 aliphatic rings. The molecular weight excluding hydrogens is 198 g/mol.